The fourth-order valence-electron chi connectivity index (χ4n) is 3.52. The SMILES string of the molecule is O=C1CS/C(=N/N=C/c2ccc(-c3ncn(-c4ccc(OC(F)(F)C(F)(F)F)cc4)n3)cc2)N1c1ccccc1. The van der Waals surface area contributed by atoms with E-state index in [1.807, 2.05) is 30.3 Å². The highest BCUT2D eigenvalue weighted by Crippen LogP contribution is 2.37. The molecular formula is C26H17F5N6O2S. The van der Waals surface area contributed by atoms with Crippen molar-refractivity contribution in [1.82, 2.24) is 14.8 Å². The van der Waals surface area contributed by atoms with Gasteiger partial charge in [0.2, 0.25) is 5.91 Å². The molecule has 0 N–H and O–H groups in total. The molecule has 204 valence electrons. The first-order valence-electron chi connectivity index (χ1n) is 11.5. The molecule has 1 aromatic heterocycles. The number of benzene rings is 3. The molecule has 2 heterocycles. The van der Waals surface area contributed by atoms with Gasteiger partial charge in [0.25, 0.3) is 0 Å². The largest absolute Gasteiger partial charge is 0.499 e. The van der Waals surface area contributed by atoms with Gasteiger partial charge < -0.3 is 4.74 Å². The molecule has 40 heavy (non-hydrogen) atoms. The fraction of sp³-hybridized carbons (Fsp3) is 0.115. The summed E-state index contributed by atoms with van der Waals surface area (Å²) in [6, 6.07) is 20.7. The van der Waals surface area contributed by atoms with Crippen molar-refractivity contribution in [2.45, 2.75) is 12.3 Å². The zero-order chi connectivity index (χ0) is 28.3. The maximum absolute atomic E-state index is 13.1. The molecule has 1 saturated heterocycles. The number of halogens is 5. The summed E-state index contributed by atoms with van der Waals surface area (Å²) < 4.78 is 68.3. The summed E-state index contributed by atoms with van der Waals surface area (Å²) >= 11 is 1.30. The molecule has 4 aromatic rings. The molecule has 0 atom stereocenters. The van der Waals surface area contributed by atoms with Crippen LogP contribution in [-0.2, 0) is 4.79 Å². The van der Waals surface area contributed by atoms with Crippen LogP contribution in [0.5, 0.6) is 5.75 Å². The van der Waals surface area contributed by atoms with Crippen LogP contribution in [0, 0.1) is 0 Å². The Labute approximate surface area is 227 Å². The Morgan fingerprint density at radius 1 is 0.900 bits per heavy atom. The number of thioether (sulfide) groups is 1. The first-order chi connectivity index (χ1) is 19.1. The van der Waals surface area contributed by atoms with Gasteiger partial charge in [0.05, 0.1) is 23.3 Å². The van der Waals surface area contributed by atoms with E-state index in [4.69, 9.17) is 0 Å². The van der Waals surface area contributed by atoms with Crippen LogP contribution < -0.4 is 9.64 Å². The lowest BCUT2D eigenvalue weighted by atomic mass is 10.1. The quantitative estimate of drug-likeness (QED) is 0.156. The molecule has 3 aromatic carbocycles. The number of anilines is 1. The number of alkyl halides is 5. The van der Waals surface area contributed by atoms with Crippen molar-refractivity contribution in [1.29, 1.82) is 0 Å². The number of amidine groups is 1. The minimum absolute atomic E-state index is 0.0753. The lowest BCUT2D eigenvalue weighted by Crippen LogP contribution is -2.41. The van der Waals surface area contributed by atoms with Gasteiger partial charge in [-0.05, 0) is 42.0 Å². The molecule has 0 bridgehead atoms. The number of carbonyl (C=O) groups is 1. The first-order valence-corrected chi connectivity index (χ1v) is 12.5. The number of amides is 1. The molecule has 0 radical (unpaired) electrons. The second-order valence-corrected chi connectivity index (χ2v) is 9.17. The second-order valence-electron chi connectivity index (χ2n) is 8.23. The smallest absolute Gasteiger partial charge is 0.426 e. The number of nitrogens with zero attached hydrogens (tertiary/aromatic N) is 6. The highest BCUT2D eigenvalue weighted by atomic mass is 32.2. The topological polar surface area (TPSA) is 85.0 Å². The van der Waals surface area contributed by atoms with E-state index in [0.29, 0.717) is 22.2 Å². The third kappa shape index (κ3) is 5.86. The molecule has 0 spiro atoms. The third-order valence-electron chi connectivity index (χ3n) is 5.47. The Kier molecular flexibility index (Phi) is 7.34. The first kappa shape index (κ1) is 27.0. The van der Waals surface area contributed by atoms with Crippen molar-refractivity contribution in [2.24, 2.45) is 10.2 Å². The van der Waals surface area contributed by atoms with Crippen LogP contribution in [0.25, 0.3) is 17.1 Å². The van der Waals surface area contributed by atoms with Gasteiger partial charge in [0, 0.05) is 5.56 Å². The fourth-order valence-corrected chi connectivity index (χ4v) is 4.35. The lowest BCUT2D eigenvalue weighted by molar-refractivity contribution is -0.360. The number of hydrogen-bond acceptors (Lipinski definition) is 7. The summed E-state index contributed by atoms with van der Waals surface area (Å²) in [4.78, 5) is 18.0. The minimum Gasteiger partial charge on any atom is -0.426 e. The zero-order valence-electron chi connectivity index (χ0n) is 20.2. The average Bonchev–Trinajstić information content (AvgIpc) is 3.56. The molecule has 8 nitrogen and oxygen atoms in total. The van der Waals surface area contributed by atoms with Crippen LogP contribution in [-0.4, -0.2) is 50.1 Å². The van der Waals surface area contributed by atoms with Crippen LogP contribution in [0.3, 0.4) is 0 Å². The molecule has 0 saturated carbocycles. The maximum Gasteiger partial charge on any atom is 0.499 e. The van der Waals surface area contributed by atoms with Crippen LogP contribution in [0.1, 0.15) is 5.56 Å². The lowest BCUT2D eigenvalue weighted by Gasteiger charge is -2.20. The Balaban J connectivity index is 1.24. The van der Waals surface area contributed by atoms with Gasteiger partial charge in [-0.15, -0.1) is 10.2 Å². The molecule has 1 aliphatic rings. The summed E-state index contributed by atoms with van der Waals surface area (Å²) in [5, 5.41) is 13.1. The Morgan fingerprint density at radius 2 is 1.60 bits per heavy atom. The molecule has 1 amide bonds. The normalized spacial score (nSPS) is 15.4. The van der Waals surface area contributed by atoms with Gasteiger partial charge in [-0.1, -0.05) is 54.2 Å². The molecule has 1 aliphatic heterocycles. The highest BCUT2D eigenvalue weighted by molar-refractivity contribution is 8.15. The molecule has 0 aliphatic carbocycles. The van der Waals surface area contributed by atoms with E-state index < -0.39 is 18.0 Å². The van der Waals surface area contributed by atoms with E-state index in [-0.39, 0.29) is 11.7 Å². The Bertz CT molecular complexity index is 1560. The van der Waals surface area contributed by atoms with Crippen molar-refractivity contribution < 1.29 is 31.5 Å². The van der Waals surface area contributed by atoms with E-state index in [9.17, 15) is 26.7 Å². The summed E-state index contributed by atoms with van der Waals surface area (Å²) in [7, 11) is 0. The Morgan fingerprint density at radius 3 is 2.27 bits per heavy atom. The van der Waals surface area contributed by atoms with Crippen LogP contribution in [0.15, 0.2) is 95.4 Å². The van der Waals surface area contributed by atoms with E-state index in [2.05, 4.69) is 25.0 Å². The van der Waals surface area contributed by atoms with Gasteiger partial charge >= 0.3 is 12.3 Å². The monoisotopic (exact) mass is 572 g/mol. The zero-order valence-corrected chi connectivity index (χ0v) is 21.0. The average molecular weight is 573 g/mol. The van der Waals surface area contributed by atoms with Crippen LogP contribution in [0.4, 0.5) is 27.6 Å². The van der Waals surface area contributed by atoms with Gasteiger partial charge in [0.1, 0.15) is 12.1 Å². The standard InChI is InChI=1S/C26H17F5N6O2S/c27-25(28,29)26(30,31)39-21-12-10-19(11-13-21)36-16-32-23(35-36)18-8-6-17(7-9-18)14-33-34-24-37(22(38)15-40-24)20-4-2-1-3-5-20/h1-14,16H,15H2/b33-14+,34-24+. The van der Waals surface area contributed by atoms with E-state index in [1.54, 1.807) is 30.5 Å². The molecular weight excluding hydrogens is 555 g/mol. The van der Waals surface area contributed by atoms with E-state index in [1.165, 1.54) is 39.8 Å². The van der Waals surface area contributed by atoms with Crippen LogP contribution in [0.2, 0.25) is 0 Å². The summed E-state index contributed by atoms with van der Waals surface area (Å²) in [5.74, 6) is -0.0933. The van der Waals surface area contributed by atoms with E-state index in [0.717, 1.165) is 23.4 Å². The predicted octanol–water partition coefficient (Wildman–Crippen LogP) is 5.94. The number of aromatic nitrogens is 3. The summed E-state index contributed by atoms with van der Waals surface area (Å²) in [6.07, 6.45) is -8.22. The third-order valence-corrected chi connectivity index (χ3v) is 6.38. The molecule has 5 rings (SSSR count). The number of para-hydroxylation sites is 1. The van der Waals surface area contributed by atoms with Gasteiger partial charge in [0.15, 0.2) is 11.0 Å². The number of carbonyl (C=O) groups excluding carboxylic acids is 1. The second kappa shape index (κ2) is 10.9. The summed E-state index contributed by atoms with van der Waals surface area (Å²) in [6.45, 7) is 0. The van der Waals surface area contributed by atoms with Gasteiger partial charge in [-0.3, -0.25) is 9.69 Å². The molecule has 14 heteroatoms. The maximum atomic E-state index is 13.1. The van der Waals surface area contributed by atoms with Crippen molar-refractivity contribution >= 4 is 34.7 Å². The highest BCUT2D eigenvalue weighted by Gasteiger charge is 2.61. The number of hydrogen-bond donors (Lipinski definition) is 0. The predicted molar refractivity (Wildman–Crippen MR) is 140 cm³/mol. The number of ether oxygens (including phenoxy) is 1. The van der Waals surface area contributed by atoms with Crippen molar-refractivity contribution in [3.63, 3.8) is 0 Å². The molecule has 0 unspecified atom stereocenters. The van der Waals surface area contributed by atoms with E-state index >= 15 is 0 Å². The van der Waals surface area contributed by atoms with Crippen LogP contribution >= 0.6 is 11.8 Å². The Hall–Kier alpha value is -4.59. The van der Waals surface area contributed by atoms with Crippen molar-refractivity contribution in [2.75, 3.05) is 10.7 Å². The minimum atomic E-state index is -5.83. The van der Waals surface area contributed by atoms with Crippen molar-refractivity contribution in [3.05, 3.63) is 90.8 Å². The van der Waals surface area contributed by atoms with Gasteiger partial charge in [-0.25, -0.2) is 9.67 Å². The van der Waals surface area contributed by atoms with Crippen molar-refractivity contribution in [3.8, 4) is 22.8 Å². The molecule has 1 fully saturated rings. The number of rotatable bonds is 7. The van der Waals surface area contributed by atoms with Gasteiger partial charge in [-0.2, -0.15) is 27.1 Å². The summed E-state index contributed by atoms with van der Waals surface area (Å²) in [5.41, 5.74) is 2.49.